The van der Waals surface area contributed by atoms with Crippen molar-refractivity contribution in [2.45, 2.75) is 114 Å². The van der Waals surface area contributed by atoms with Crippen LogP contribution in [0, 0.1) is 53.0 Å². The molecule has 0 unspecified atom stereocenters. The summed E-state index contributed by atoms with van der Waals surface area (Å²) in [5.41, 5.74) is 25.2. The lowest BCUT2D eigenvalue weighted by atomic mass is 9.92. The summed E-state index contributed by atoms with van der Waals surface area (Å²) in [7, 11) is -5.35. The number of H-pyrrole nitrogens is 2. The smallest absolute Gasteiger partial charge is 0.354 e. The molecule has 72 heavy (non-hydrogen) atoms. The van der Waals surface area contributed by atoms with Crippen molar-refractivity contribution in [1.29, 1.82) is 0 Å². The molecule has 0 atom stereocenters. The van der Waals surface area contributed by atoms with Crippen LogP contribution in [0.5, 0.6) is 0 Å². The Hall–Kier alpha value is -6.59. The molecule has 2 aliphatic heterocycles. The van der Waals surface area contributed by atoms with Gasteiger partial charge >= 0.3 is 7.60 Å². The standard InChI is InChI=1S/C63H67N4O3PSi/c1-38-34-40(3)56(41(4)35-38)60-52-28-24-48(64-52)58(45-18-16-44(17-19-45)32-33-72(13,14)15)49-25-29-53(65-49)61(57-42(5)36-39(2)37-43(57)6)55-31-27-51(67-55)59(50-26-30-54(60)66-50)46-20-22-47(23-21-46)71(68,69-62(7,8)9)70-63(10,11)12/h16-31,34-37,64,67H,1-15H3. The fourth-order valence-corrected chi connectivity index (χ4v) is 12.8. The largest absolute Gasteiger partial charge is 0.362 e. The molecule has 7 nitrogen and oxygen atoms in total. The van der Waals surface area contributed by atoms with Gasteiger partial charge in [-0.2, -0.15) is 0 Å². The second kappa shape index (κ2) is 18.8. The molecule has 9 rings (SSSR count). The fraction of sp³-hybridized carbons (Fsp3) is 0.270. The van der Waals surface area contributed by atoms with Crippen molar-refractivity contribution in [2.75, 3.05) is 0 Å². The first-order chi connectivity index (χ1) is 33.8. The number of benzene rings is 4. The van der Waals surface area contributed by atoms with Crippen LogP contribution >= 0.6 is 7.60 Å². The van der Waals surface area contributed by atoms with Crippen LogP contribution in [0.25, 0.3) is 90.9 Å². The van der Waals surface area contributed by atoms with Crippen LogP contribution in [0.2, 0.25) is 19.6 Å². The summed E-state index contributed by atoms with van der Waals surface area (Å²) in [5, 5.41) is 0.485. The molecule has 0 aliphatic carbocycles. The SMILES string of the molecule is Cc1cc(C)c(-c2c3nc(c(-c4ccc(P(=O)(OC(C)(C)C)OC(C)(C)C)cc4)c4ccc([nH]4)c(-c4c(C)cc(C)cc4C)c4nc(c(-c5ccc(C#C[Si](C)(C)C)cc5)c5ccc2[nH]5)C=C4)C=C3)c(C)c1. The maximum Gasteiger partial charge on any atom is 0.362 e. The molecule has 2 N–H and O–H groups in total. The zero-order valence-electron chi connectivity index (χ0n) is 44.6. The molecule has 3 aromatic heterocycles. The second-order valence-corrected chi connectivity index (χ2v) is 29.2. The van der Waals surface area contributed by atoms with Gasteiger partial charge in [-0.1, -0.05) is 85.2 Å². The molecule has 366 valence electrons. The van der Waals surface area contributed by atoms with Crippen LogP contribution in [0.1, 0.15) is 103 Å². The lowest BCUT2D eigenvalue weighted by molar-refractivity contribution is 0.0548. The van der Waals surface area contributed by atoms with Crippen LogP contribution in [0.3, 0.4) is 0 Å². The summed E-state index contributed by atoms with van der Waals surface area (Å²) in [4.78, 5) is 19.0. The molecule has 9 heteroatoms. The Balaban J connectivity index is 1.41. The number of nitrogens with one attached hydrogen (secondary N) is 2. The summed E-state index contributed by atoms with van der Waals surface area (Å²) in [6, 6.07) is 34.0. The minimum absolute atomic E-state index is 0.485. The van der Waals surface area contributed by atoms with Crippen molar-refractivity contribution < 1.29 is 13.6 Å². The molecule has 0 saturated carbocycles. The summed E-state index contributed by atoms with van der Waals surface area (Å²) in [6.07, 6.45) is 8.56. The van der Waals surface area contributed by atoms with Gasteiger partial charge in [0.05, 0.1) is 39.3 Å². The Kier molecular flexibility index (Phi) is 13.1. The number of hydrogen-bond acceptors (Lipinski definition) is 5. The van der Waals surface area contributed by atoms with Gasteiger partial charge in [-0.15, -0.1) is 5.54 Å². The lowest BCUT2D eigenvalue weighted by Crippen LogP contribution is -2.28. The van der Waals surface area contributed by atoms with Crippen molar-refractivity contribution >= 4 is 67.3 Å². The Morgan fingerprint density at radius 2 is 0.806 bits per heavy atom. The highest BCUT2D eigenvalue weighted by Gasteiger charge is 2.37. The second-order valence-electron chi connectivity index (χ2n) is 22.6. The molecule has 7 aromatic rings. The van der Waals surface area contributed by atoms with Crippen molar-refractivity contribution in [3.63, 3.8) is 0 Å². The Labute approximate surface area is 427 Å². The summed E-state index contributed by atoms with van der Waals surface area (Å²) in [5.74, 6) is 3.45. The Morgan fingerprint density at radius 1 is 0.472 bits per heavy atom. The zero-order valence-corrected chi connectivity index (χ0v) is 46.5. The van der Waals surface area contributed by atoms with Crippen LogP contribution in [0.4, 0.5) is 0 Å². The maximum atomic E-state index is 14.8. The molecule has 2 aliphatic rings. The van der Waals surface area contributed by atoms with E-state index in [0.717, 1.165) is 117 Å². The Bertz CT molecular complexity index is 3550. The normalized spacial score (nSPS) is 12.9. The van der Waals surface area contributed by atoms with E-state index in [1.54, 1.807) is 0 Å². The molecular weight excluding hydrogens is 920 g/mol. The highest BCUT2D eigenvalue weighted by atomic mass is 31.2. The van der Waals surface area contributed by atoms with E-state index < -0.39 is 26.9 Å². The summed E-state index contributed by atoms with van der Waals surface area (Å²) >= 11 is 0. The molecule has 0 fully saturated rings. The van der Waals surface area contributed by atoms with Gasteiger partial charge in [-0.05, 0) is 200 Å². The highest BCUT2D eigenvalue weighted by molar-refractivity contribution is 7.62. The minimum Gasteiger partial charge on any atom is -0.354 e. The quantitative estimate of drug-likeness (QED) is 0.0943. The third-order valence-electron chi connectivity index (χ3n) is 12.6. The Morgan fingerprint density at radius 3 is 1.15 bits per heavy atom. The molecule has 0 saturated heterocycles. The van der Waals surface area contributed by atoms with E-state index >= 15 is 0 Å². The zero-order chi connectivity index (χ0) is 51.7. The number of aromatic amines is 2. The van der Waals surface area contributed by atoms with Crippen molar-refractivity contribution in [2.24, 2.45) is 0 Å². The van der Waals surface area contributed by atoms with Gasteiger partial charge in [-0.25, -0.2) is 9.97 Å². The molecule has 8 bridgehead atoms. The fourth-order valence-electron chi connectivity index (χ4n) is 10.1. The first-order valence-electron chi connectivity index (χ1n) is 24.9. The number of aromatic nitrogens is 4. The van der Waals surface area contributed by atoms with Crippen LogP contribution in [0.15, 0.2) is 97.1 Å². The van der Waals surface area contributed by atoms with Gasteiger partial charge in [0.2, 0.25) is 0 Å². The number of nitrogens with zero attached hydrogens (tertiary/aromatic N) is 2. The van der Waals surface area contributed by atoms with E-state index in [4.69, 9.17) is 19.0 Å². The average Bonchev–Trinajstić information content (AvgIpc) is 4.12. The monoisotopic (exact) mass is 986 g/mol. The molecule has 0 amide bonds. The van der Waals surface area contributed by atoms with Crippen molar-refractivity contribution in [3.05, 3.63) is 159 Å². The van der Waals surface area contributed by atoms with Crippen LogP contribution in [-0.2, 0) is 13.6 Å². The number of rotatable bonds is 7. The van der Waals surface area contributed by atoms with Gasteiger partial charge in [0.25, 0.3) is 0 Å². The van der Waals surface area contributed by atoms with Crippen molar-refractivity contribution in [1.82, 2.24) is 19.9 Å². The van der Waals surface area contributed by atoms with Crippen molar-refractivity contribution in [3.8, 4) is 56.0 Å². The van der Waals surface area contributed by atoms with E-state index in [0.29, 0.717) is 5.30 Å². The number of hydrogen-bond donors (Lipinski definition) is 2. The predicted octanol–water partition coefficient (Wildman–Crippen LogP) is 16.9. The number of aryl methyl sites for hydroxylation is 6. The molecule has 0 radical (unpaired) electrons. The third kappa shape index (κ3) is 10.5. The predicted molar refractivity (Wildman–Crippen MR) is 308 cm³/mol. The average molecular weight is 987 g/mol. The molecule has 0 spiro atoms. The topological polar surface area (TPSA) is 92.9 Å². The van der Waals surface area contributed by atoms with E-state index in [1.807, 2.05) is 65.8 Å². The van der Waals surface area contributed by atoms with Gasteiger partial charge in [0.1, 0.15) is 8.07 Å². The van der Waals surface area contributed by atoms with Crippen LogP contribution < -0.4 is 5.30 Å². The molecule has 4 aromatic carbocycles. The summed E-state index contributed by atoms with van der Waals surface area (Å²) < 4.78 is 27.3. The van der Waals surface area contributed by atoms with E-state index in [1.165, 1.54) is 11.1 Å². The van der Waals surface area contributed by atoms with Gasteiger partial charge in [0, 0.05) is 49.9 Å². The highest BCUT2D eigenvalue weighted by Crippen LogP contribution is 2.54. The molecule has 5 heterocycles. The van der Waals surface area contributed by atoms with E-state index in [-0.39, 0.29) is 0 Å². The third-order valence-corrected chi connectivity index (χ3v) is 16.0. The van der Waals surface area contributed by atoms with Gasteiger partial charge in [-0.3, -0.25) is 13.6 Å². The first kappa shape index (κ1) is 50.4. The van der Waals surface area contributed by atoms with E-state index in [9.17, 15) is 4.57 Å². The lowest BCUT2D eigenvalue weighted by Gasteiger charge is -2.32. The number of fused-ring (bicyclic) bond motifs is 8. The van der Waals surface area contributed by atoms with Gasteiger partial charge in [0.15, 0.2) is 0 Å². The van der Waals surface area contributed by atoms with E-state index in [2.05, 4.69) is 180 Å². The molecular formula is C63H67N4O3PSi. The van der Waals surface area contributed by atoms with Crippen LogP contribution in [-0.4, -0.2) is 39.2 Å². The summed E-state index contributed by atoms with van der Waals surface area (Å²) in [6.45, 7) is 31.2. The first-order valence-corrected chi connectivity index (χ1v) is 30.0. The maximum absolute atomic E-state index is 14.8. The van der Waals surface area contributed by atoms with Gasteiger partial charge < -0.3 is 9.97 Å². The minimum atomic E-state index is -3.77.